The predicted molar refractivity (Wildman–Crippen MR) is 110 cm³/mol. The number of rotatable bonds is 8. The third-order valence-corrected chi connectivity index (χ3v) is 4.67. The van der Waals surface area contributed by atoms with Crippen LogP contribution in [0.3, 0.4) is 0 Å². The van der Waals surface area contributed by atoms with Crippen molar-refractivity contribution in [2.24, 2.45) is 0 Å². The Balaban J connectivity index is 1.87. The fraction of sp³-hybridized carbons (Fsp3) is 0.263. The average Bonchev–Trinajstić information content (AvgIpc) is 2.61. The number of carbonyl (C=O) groups excluding carboxylic acids is 2. The number of hydrogen-bond acceptors (Lipinski definition) is 4. The molecule has 0 saturated carbocycles. The van der Waals surface area contributed by atoms with Crippen LogP contribution in [0.15, 0.2) is 47.4 Å². The largest absolute Gasteiger partial charge is 0.495 e. The molecule has 2 aromatic rings. The zero-order chi connectivity index (χ0) is 19.8. The number of carbonyl (C=O) groups is 2. The maximum Gasteiger partial charge on any atom is 0.279 e. The van der Waals surface area contributed by atoms with E-state index >= 15 is 0 Å². The summed E-state index contributed by atoms with van der Waals surface area (Å²) in [5.74, 6) is 0.140. The molecule has 0 bridgehead atoms. The van der Waals surface area contributed by atoms with Crippen molar-refractivity contribution in [2.75, 3.05) is 44.1 Å². The standard InChI is InChI=1S/C19H22ClN3O3S/c1-23(11-18(24)21-14-5-4-6-15(10-14)27-3)12-19(25)22-16-9-13(20)7-8-17(16)26-2/h4-10H,11-12H2,1-3H3,(H,21,24)(H,22,25)/p+1. The normalized spacial score (nSPS) is 11.6. The Kier molecular flexibility index (Phi) is 7.97. The molecule has 3 N–H and O–H groups in total. The molecule has 6 nitrogen and oxygen atoms in total. The van der Waals surface area contributed by atoms with Gasteiger partial charge in [0.2, 0.25) is 0 Å². The van der Waals surface area contributed by atoms with E-state index in [4.69, 9.17) is 16.3 Å². The summed E-state index contributed by atoms with van der Waals surface area (Å²) in [4.78, 5) is 26.3. The Morgan fingerprint density at radius 2 is 1.81 bits per heavy atom. The van der Waals surface area contributed by atoms with E-state index in [-0.39, 0.29) is 24.9 Å². The van der Waals surface area contributed by atoms with Crippen LogP contribution in [0.2, 0.25) is 5.02 Å². The van der Waals surface area contributed by atoms with Crippen LogP contribution >= 0.6 is 23.4 Å². The number of nitrogens with one attached hydrogen (secondary N) is 3. The van der Waals surface area contributed by atoms with Crippen molar-refractivity contribution in [3.8, 4) is 5.75 Å². The van der Waals surface area contributed by atoms with Crippen LogP contribution in [0.25, 0.3) is 0 Å². The van der Waals surface area contributed by atoms with Gasteiger partial charge in [-0.3, -0.25) is 9.59 Å². The molecule has 8 heteroatoms. The predicted octanol–water partition coefficient (Wildman–Crippen LogP) is 2.16. The van der Waals surface area contributed by atoms with Gasteiger partial charge in [-0.1, -0.05) is 17.7 Å². The minimum atomic E-state index is -0.231. The lowest BCUT2D eigenvalue weighted by molar-refractivity contribution is -0.862. The van der Waals surface area contributed by atoms with Crippen LogP contribution in [0, 0.1) is 0 Å². The summed E-state index contributed by atoms with van der Waals surface area (Å²) in [5, 5.41) is 6.12. The fourth-order valence-corrected chi connectivity index (χ4v) is 3.12. The van der Waals surface area contributed by atoms with Crippen LogP contribution in [0.4, 0.5) is 11.4 Å². The van der Waals surface area contributed by atoms with Gasteiger partial charge < -0.3 is 20.3 Å². The summed E-state index contributed by atoms with van der Waals surface area (Å²) in [6, 6.07) is 12.6. The molecule has 0 fully saturated rings. The third kappa shape index (κ3) is 6.78. The molecule has 27 heavy (non-hydrogen) atoms. The Labute approximate surface area is 168 Å². The molecule has 1 atom stereocenters. The summed E-state index contributed by atoms with van der Waals surface area (Å²) in [7, 11) is 3.30. The van der Waals surface area contributed by atoms with Gasteiger partial charge in [-0.05, 0) is 42.7 Å². The number of amides is 2. The summed E-state index contributed by atoms with van der Waals surface area (Å²) in [6.07, 6.45) is 1.98. The smallest absolute Gasteiger partial charge is 0.279 e. The summed E-state index contributed by atoms with van der Waals surface area (Å²) >= 11 is 7.57. The first-order valence-corrected chi connectivity index (χ1v) is 9.90. The Morgan fingerprint density at radius 1 is 1.11 bits per heavy atom. The molecular formula is C19H23ClN3O3S+. The molecule has 2 amide bonds. The second-order valence-electron chi connectivity index (χ2n) is 5.98. The summed E-state index contributed by atoms with van der Waals surface area (Å²) < 4.78 is 5.21. The van der Waals surface area contributed by atoms with Crippen molar-refractivity contribution < 1.29 is 19.2 Å². The number of anilines is 2. The molecule has 0 spiro atoms. The van der Waals surface area contributed by atoms with Gasteiger partial charge in [0.05, 0.1) is 19.8 Å². The number of quaternary nitrogens is 1. The number of ether oxygens (including phenoxy) is 1. The number of benzene rings is 2. The topological polar surface area (TPSA) is 71.9 Å². The Hall–Kier alpha value is -2.22. The van der Waals surface area contributed by atoms with Gasteiger partial charge in [-0.2, -0.15) is 0 Å². The van der Waals surface area contributed by atoms with Crippen LogP contribution in [-0.4, -0.2) is 45.3 Å². The van der Waals surface area contributed by atoms with Gasteiger partial charge in [0.25, 0.3) is 11.8 Å². The first-order valence-electron chi connectivity index (χ1n) is 8.30. The molecule has 0 aliphatic heterocycles. The van der Waals surface area contributed by atoms with E-state index < -0.39 is 0 Å². The second kappa shape index (κ2) is 10.2. The van der Waals surface area contributed by atoms with Gasteiger partial charge >= 0.3 is 0 Å². The van der Waals surface area contributed by atoms with Crippen molar-refractivity contribution in [3.63, 3.8) is 0 Å². The maximum atomic E-state index is 12.3. The Bertz CT molecular complexity index is 817. The van der Waals surface area contributed by atoms with E-state index in [1.165, 1.54) is 7.11 Å². The third-order valence-electron chi connectivity index (χ3n) is 3.71. The van der Waals surface area contributed by atoms with Gasteiger partial charge in [0.1, 0.15) is 5.75 Å². The van der Waals surface area contributed by atoms with Crippen LogP contribution in [0.1, 0.15) is 0 Å². The summed E-state index contributed by atoms with van der Waals surface area (Å²) in [5.41, 5.74) is 1.24. The number of halogens is 1. The molecule has 144 valence electrons. The number of hydrogen-bond donors (Lipinski definition) is 3. The lowest BCUT2D eigenvalue weighted by Gasteiger charge is -2.15. The lowest BCUT2D eigenvalue weighted by atomic mass is 10.3. The molecule has 0 radical (unpaired) electrons. The first kappa shape index (κ1) is 21.1. The van der Waals surface area contributed by atoms with E-state index in [9.17, 15) is 9.59 Å². The highest BCUT2D eigenvalue weighted by Crippen LogP contribution is 2.27. The highest BCUT2D eigenvalue weighted by Gasteiger charge is 2.16. The van der Waals surface area contributed by atoms with E-state index in [0.29, 0.717) is 16.5 Å². The Morgan fingerprint density at radius 3 is 2.48 bits per heavy atom. The summed E-state index contributed by atoms with van der Waals surface area (Å²) in [6.45, 7) is 0.303. The molecule has 2 rings (SSSR count). The van der Waals surface area contributed by atoms with Gasteiger partial charge in [0, 0.05) is 15.6 Å². The minimum Gasteiger partial charge on any atom is -0.495 e. The van der Waals surface area contributed by atoms with Crippen molar-refractivity contribution in [2.45, 2.75) is 4.90 Å². The van der Waals surface area contributed by atoms with Gasteiger partial charge in [0.15, 0.2) is 13.1 Å². The van der Waals surface area contributed by atoms with E-state index in [1.807, 2.05) is 30.5 Å². The monoisotopic (exact) mass is 408 g/mol. The molecule has 2 aromatic carbocycles. The highest BCUT2D eigenvalue weighted by molar-refractivity contribution is 7.98. The first-order chi connectivity index (χ1) is 12.9. The van der Waals surface area contributed by atoms with Crippen LogP contribution in [-0.2, 0) is 9.59 Å². The van der Waals surface area contributed by atoms with Crippen molar-refractivity contribution in [3.05, 3.63) is 47.5 Å². The lowest BCUT2D eigenvalue weighted by Crippen LogP contribution is -3.11. The van der Waals surface area contributed by atoms with Crippen molar-refractivity contribution in [1.29, 1.82) is 0 Å². The van der Waals surface area contributed by atoms with Crippen LogP contribution < -0.4 is 20.3 Å². The second-order valence-corrected chi connectivity index (χ2v) is 7.30. The zero-order valence-electron chi connectivity index (χ0n) is 15.5. The molecular weight excluding hydrogens is 386 g/mol. The maximum absolute atomic E-state index is 12.3. The zero-order valence-corrected chi connectivity index (χ0v) is 17.0. The molecule has 0 aliphatic rings. The molecule has 0 aromatic heterocycles. The molecule has 0 saturated heterocycles. The molecule has 0 heterocycles. The quantitative estimate of drug-likeness (QED) is 0.585. The van der Waals surface area contributed by atoms with Gasteiger partial charge in [-0.15, -0.1) is 11.8 Å². The highest BCUT2D eigenvalue weighted by atomic mass is 35.5. The molecule has 0 aliphatic carbocycles. The number of likely N-dealkylation sites (N-methyl/N-ethyl adjacent to an activating group) is 1. The van der Waals surface area contributed by atoms with Gasteiger partial charge in [-0.25, -0.2) is 0 Å². The average molecular weight is 409 g/mol. The SMILES string of the molecule is COc1ccc(Cl)cc1NC(=O)C[NH+](C)CC(=O)Nc1cccc(SC)c1. The fourth-order valence-electron chi connectivity index (χ4n) is 2.49. The van der Waals surface area contributed by atoms with E-state index in [0.717, 1.165) is 15.5 Å². The van der Waals surface area contributed by atoms with Crippen molar-refractivity contribution in [1.82, 2.24) is 0 Å². The number of thioether (sulfide) groups is 1. The van der Waals surface area contributed by atoms with Crippen molar-refractivity contribution >= 4 is 46.6 Å². The minimum absolute atomic E-state index is 0.133. The van der Waals surface area contributed by atoms with Crippen LogP contribution in [0.5, 0.6) is 5.75 Å². The number of methoxy groups -OCH3 is 1. The molecule has 1 unspecified atom stereocenters. The van der Waals surface area contributed by atoms with E-state index in [2.05, 4.69) is 10.6 Å². The van der Waals surface area contributed by atoms with E-state index in [1.54, 1.807) is 37.0 Å².